The van der Waals surface area contributed by atoms with Crippen molar-refractivity contribution in [3.8, 4) is 0 Å². The number of carbonyl (C=O) groups is 1. The summed E-state index contributed by atoms with van der Waals surface area (Å²) in [6.07, 6.45) is 37.0. The molecule has 0 radical (unpaired) electrons. The Bertz CT molecular complexity index is 968. The second kappa shape index (κ2) is 40.7. The molecule has 0 bridgehead atoms. The van der Waals surface area contributed by atoms with Gasteiger partial charge >= 0.3 is 0 Å². The van der Waals surface area contributed by atoms with Gasteiger partial charge in [-0.05, 0) is 38.5 Å². The molecule has 0 saturated carbocycles. The summed E-state index contributed by atoms with van der Waals surface area (Å²) in [5.74, 6) is -0.585. The first-order chi connectivity index (χ1) is 29.3. The molecule has 0 aromatic rings. The van der Waals surface area contributed by atoms with Crippen molar-refractivity contribution in [2.75, 3.05) is 13.2 Å². The molecular weight excluding hydrogens is 759 g/mol. The molecule has 8 unspecified atom stereocenters. The molecule has 1 heterocycles. The Morgan fingerprint density at radius 1 is 0.550 bits per heavy atom. The van der Waals surface area contributed by atoms with Crippen LogP contribution in [-0.4, -0.2) is 98.7 Å². The topological polar surface area (TPSA) is 169 Å². The van der Waals surface area contributed by atoms with Crippen LogP contribution in [0, 0.1) is 0 Å². The van der Waals surface area contributed by atoms with Gasteiger partial charge in [0.25, 0.3) is 0 Å². The third-order valence-electron chi connectivity index (χ3n) is 12.5. The van der Waals surface area contributed by atoms with Crippen LogP contribution < -0.4 is 5.32 Å². The quantitative estimate of drug-likeness (QED) is 0.0233. The molecule has 7 N–H and O–H groups in total. The van der Waals surface area contributed by atoms with Crippen LogP contribution in [-0.2, 0) is 14.3 Å². The van der Waals surface area contributed by atoms with E-state index < -0.39 is 61.5 Å². The molecule has 8 atom stereocenters. The van der Waals surface area contributed by atoms with E-state index in [1.165, 1.54) is 161 Å². The molecule has 1 fully saturated rings. The molecule has 10 nitrogen and oxygen atoms in total. The predicted molar refractivity (Wildman–Crippen MR) is 246 cm³/mol. The highest BCUT2D eigenvalue weighted by Crippen LogP contribution is 2.23. The maximum atomic E-state index is 13.1. The molecule has 1 amide bonds. The number of hydrogen-bond acceptors (Lipinski definition) is 9. The molecule has 356 valence electrons. The minimum atomic E-state index is -1.59. The highest BCUT2D eigenvalue weighted by molar-refractivity contribution is 5.80. The molecule has 60 heavy (non-hydrogen) atoms. The van der Waals surface area contributed by atoms with Gasteiger partial charge in [0.2, 0.25) is 5.91 Å². The number of nitrogens with one attached hydrogen (secondary N) is 1. The lowest BCUT2D eigenvalue weighted by molar-refractivity contribution is -0.302. The molecule has 0 aromatic carbocycles. The van der Waals surface area contributed by atoms with Crippen molar-refractivity contribution in [3.63, 3.8) is 0 Å². The average Bonchev–Trinajstić information content (AvgIpc) is 3.25. The summed E-state index contributed by atoms with van der Waals surface area (Å²) >= 11 is 0. The smallest absolute Gasteiger partial charge is 0.249 e. The minimum Gasteiger partial charge on any atom is -0.394 e. The van der Waals surface area contributed by atoms with E-state index in [2.05, 4.69) is 31.3 Å². The standard InChI is InChI=1S/C50H97NO9/c1-3-5-7-9-11-13-15-16-17-18-19-20-21-22-23-24-25-26-27-29-31-33-35-37-39-44(54)49(58)51-42(41-59-50-48(57)47(56)46(55)45(40-52)60-50)43(53)38-36-34-32-30-28-14-12-10-8-6-4-2/h22-23,42-48,50,52-57H,3-21,24-41H2,1-2H3,(H,51,58)/b23-22-. The number of ether oxygens (including phenoxy) is 2. The Labute approximate surface area is 368 Å². The number of unbranched alkanes of at least 4 members (excludes halogenated alkanes) is 30. The number of rotatable bonds is 43. The van der Waals surface area contributed by atoms with Crippen LogP contribution in [0.2, 0.25) is 0 Å². The lowest BCUT2D eigenvalue weighted by atomic mass is 9.99. The summed E-state index contributed by atoms with van der Waals surface area (Å²) in [7, 11) is 0. The lowest BCUT2D eigenvalue weighted by Crippen LogP contribution is -2.60. The molecule has 0 spiro atoms. The van der Waals surface area contributed by atoms with Gasteiger partial charge in [-0.25, -0.2) is 0 Å². The van der Waals surface area contributed by atoms with E-state index in [0.717, 1.165) is 51.4 Å². The highest BCUT2D eigenvalue weighted by atomic mass is 16.7. The molecule has 1 aliphatic rings. The highest BCUT2D eigenvalue weighted by Gasteiger charge is 2.44. The zero-order valence-corrected chi connectivity index (χ0v) is 38.8. The van der Waals surface area contributed by atoms with Crippen molar-refractivity contribution in [2.24, 2.45) is 0 Å². The predicted octanol–water partition coefficient (Wildman–Crippen LogP) is 10.3. The van der Waals surface area contributed by atoms with Gasteiger partial charge in [0.05, 0.1) is 25.4 Å². The summed E-state index contributed by atoms with van der Waals surface area (Å²) in [5, 5.41) is 64.9. The number of aliphatic hydroxyl groups is 6. The fourth-order valence-electron chi connectivity index (χ4n) is 8.28. The third kappa shape index (κ3) is 30.1. The average molecular weight is 856 g/mol. The first kappa shape index (κ1) is 56.9. The van der Waals surface area contributed by atoms with Gasteiger partial charge in [0.15, 0.2) is 6.29 Å². The Kier molecular flexibility index (Phi) is 38.6. The van der Waals surface area contributed by atoms with E-state index >= 15 is 0 Å². The van der Waals surface area contributed by atoms with Gasteiger partial charge < -0.3 is 45.4 Å². The number of aliphatic hydroxyl groups excluding tert-OH is 6. The Morgan fingerprint density at radius 3 is 1.35 bits per heavy atom. The van der Waals surface area contributed by atoms with Crippen LogP contribution in [0.3, 0.4) is 0 Å². The molecule has 1 rings (SSSR count). The largest absolute Gasteiger partial charge is 0.394 e. The van der Waals surface area contributed by atoms with Crippen LogP contribution >= 0.6 is 0 Å². The van der Waals surface area contributed by atoms with Crippen molar-refractivity contribution in [3.05, 3.63) is 12.2 Å². The minimum absolute atomic E-state index is 0.254. The summed E-state index contributed by atoms with van der Waals surface area (Å²) in [4.78, 5) is 13.1. The molecule has 1 saturated heterocycles. The Hall–Kier alpha value is -1.11. The van der Waals surface area contributed by atoms with Crippen molar-refractivity contribution < 1.29 is 44.9 Å². The number of carbonyl (C=O) groups excluding carboxylic acids is 1. The van der Waals surface area contributed by atoms with Crippen LogP contribution in [0.5, 0.6) is 0 Å². The van der Waals surface area contributed by atoms with Gasteiger partial charge in [-0.15, -0.1) is 0 Å². The maximum Gasteiger partial charge on any atom is 0.249 e. The third-order valence-corrected chi connectivity index (χ3v) is 12.5. The van der Waals surface area contributed by atoms with Gasteiger partial charge in [-0.1, -0.05) is 212 Å². The summed E-state index contributed by atoms with van der Waals surface area (Å²) in [6.45, 7) is 3.67. The Balaban J connectivity index is 2.25. The van der Waals surface area contributed by atoms with E-state index in [0.29, 0.717) is 12.8 Å². The van der Waals surface area contributed by atoms with Gasteiger partial charge in [-0.3, -0.25) is 4.79 Å². The van der Waals surface area contributed by atoms with E-state index in [1.54, 1.807) is 0 Å². The van der Waals surface area contributed by atoms with E-state index in [4.69, 9.17) is 9.47 Å². The first-order valence-electron chi connectivity index (χ1n) is 25.5. The summed E-state index contributed by atoms with van der Waals surface area (Å²) in [5.41, 5.74) is 0. The maximum absolute atomic E-state index is 13.1. The monoisotopic (exact) mass is 856 g/mol. The Morgan fingerprint density at radius 2 is 0.933 bits per heavy atom. The number of amides is 1. The van der Waals surface area contributed by atoms with Crippen LogP contribution in [0.4, 0.5) is 0 Å². The zero-order valence-electron chi connectivity index (χ0n) is 38.8. The fraction of sp³-hybridized carbons (Fsp3) is 0.940. The first-order valence-corrected chi connectivity index (χ1v) is 25.5. The van der Waals surface area contributed by atoms with E-state index in [-0.39, 0.29) is 6.61 Å². The van der Waals surface area contributed by atoms with Crippen molar-refractivity contribution >= 4 is 5.91 Å². The van der Waals surface area contributed by atoms with Crippen LogP contribution in [0.1, 0.15) is 239 Å². The van der Waals surface area contributed by atoms with Crippen molar-refractivity contribution in [2.45, 2.75) is 288 Å². The van der Waals surface area contributed by atoms with Crippen LogP contribution in [0.25, 0.3) is 0 Å². The summed E-state index contributed by atoms with van der Waals surface area (Å²) in [6, 6.07) is -0.891. The number of hydrogen-bond donors (Lipinski definition) is 7. The molecule has 0 aliphatic carbocycles. The number of allylic oxidation sites excluding steroid dienone is 2. The zero-order chi connectivity index (χ0) is 43.9. The lowest BCUT2D eigenvalue weighted by Gasteiger charge is -2.40. The molecule has 0 aromatic heterocycles. The van der Waals surface area contributed by atoms with E-state index in [1.807, 2.05) is 0 Å². The molecule has 1 aliphatic heterocycles. The van der Waals surface area contributed by atoms with Gasteiger partial charge in [0, 0.05) is 0 Å². The second-order valence-electron chi connectivity index (χ2n) is 18.1. The van der Waals surface area contributed by atoms with Gasteiger partial charge in [0.1, 0.15) is 30.5 Å². The van der Waals surface area contributed by atoms with E-state index in [9.17, 15) is 35.4 Å². The molecule has 10 heteroatoms. The van der Waals surface area contributed by atoms with Gasteiger partial charge in [-0.2, -0.15) is 0 Å². The van der Waals surface area contributed by atoms with Crippen molar-refractivity contribution in [1.29, 1.82) is 0 Å². The second-order valence-corrected chi connectivity index (χ2v) is 18.1. The summed E-state index contributed by atoms with van der Waals surface area (Å²) < 4.78 is 11.2. The normalized spacial score (nSPS) is 21.1. The SMILES string of the molecule is CCCCCCCCCCCCCC/C=C\CCCCCCCCCCC(O)C(=O)NC(COC1OC(CO)C(O)C(O)C1O)C(O)CCCCCCCCCCCCC. The molecular formula is C50H97NO9. The fourth-order valence-corrected chi connectivity index (χ4v) is 8.28. The van der Waals surface area contributed by atoms with Crippen LogP contribution in [0.15, 0.2) is 12.2 Å². The van der Waals surface area contributed by atoms with Crippen molar-refractivity contribution in [1.82, 2.24) is 5.32 Å².